The normalized spacial score (nSPS) is 40.9. The smallest absolute Gasteiger partial charge is 0.279 e. The van der Waals surface area contributed by atoms with Crippen LogP contribution in [-0.2, 0) is 4.74 Å². The SMILES string of the molecule is N=C(N)OC12CCC(CC1)C2. The van der Waals surface area contributed by atoms with Crippen LogP contribution in [0.1, 0.15) is 32.1 Å². The molecule has 0 aromatic heterocycles. The Morgan fingerprint density at radius 2 is 2.09 bits per heavy atom. The number of rotatable bonds is 1. The molecule has 2 aliphatic rings. The second-order valence-corrected chi connectivity index (χ2v) is 3.80. The molecule has 0 saturated heterocycles. The van der Waals surface area contributed by atoms with Crippen molar-refractivity contribution >= 4 is 6.02 Å². The third-order valence-electron chi connectivity index (χ3n) is 3.00. The summed E-state index contributed by atoms with van der Waals surface area (Å²) in [5.41, 5.74) is 5.20. The van der Waals surface area contributed by atoms with Gasteiger partial charge >= 0.3 is 0 Å². The molecule has 2 saturated carbocycles. The van der Waals surface area contributed by atoms with Gasteiger partial charge in [-0.3, -0.25) is 5.41 Å². The molecular weight excluding hydrogens is 140 g/mol. The van der Waals surface area contributed by atoms with Crippen molar-refractivity contribution in [2.75, 3.05) is 0 Å². The van der Waals surface area contributed by atoms with Crippen molar-refractivity contribution in [3.8, 4) is 0 Å². The molecule has 3 nitrogen and oxygen atoms in total. The zero-order valence-electron chi connectivity index (χ0n) is 6.60. The first-order chi connectivity index (χ1) is 5.20. The lowest BCUT2D eigenvalue weighted by Crippen LogP contribution is -2.33. The summed E-state index contributed by atoms with van der Waals surface area (Å²) in [7, 11) is 0. The quantitative estimate of drug-likeness (QED) is 0.441. The van der Waals surface area contributed by atoms with Gasteiger partial charge in [0.25, 0.3) is 6.02 Å². The Balaban J connectivity index is 2.05. The first kappa shape index (κ1) is 6.95. The minimum atomic E-state index is -0.104. The molecule has 2 aliphatic carbocycles. The molecule has 3 heteroatoms. The van der Waals surface area contributed by atoms with Crippen molar-refractivity contribution in [3.63, 3.8) is 0 Å². The van der Waals surface area contributed by atoms with Gasteiger partial charge in [0.05, 0.1) is 0 Å². The van der Waals surface area contributed by atoms with Crippen LogP contribution in [0.3, 0.4) is 0 Å². The lowest BCUT2D eigenvalue weighted by Gasteiger charge is -2.26. The largest absolute Gasteiger partial charge is 0.459 e. The molecule has 0 aliphatic heterocycles. The highest BCUT2D eigenvalue weighted by molar-refractivity contribution is 5.68. The van der Waals surface area contributed by atoms with E-state index in [9.17, 15) is 0 Å². The van der Waals surface area contributed by atoms with E-state index in [0.29, 0.717) is 0 Å². The van der Waals surface area contributed by atoms with E-state index >= 15 is 0 Å². The highest BCUT2D eigenvalue weighted by Crippen LogP contribution is 2.49. The van der Waals surface area contributed by atoms with Crippen LogP contribution in [-0.4, -0.2) is 11.6 Å². The van der Waals surface area contributed by atoms with Crippen LogP contribution < -0.4 is 5.73 Å². The second kappa shape index (κ2) is 2.13. The maximum absolute atomic E-state index is 7.06. The van der Waals surface area contributed by atoms with E-state index in [0.717, 1.165) is 25.2 Å². The Morgan fingerprint density at radius 1 is 1.45 bits per heavy atom. The fourth-order valence-corrected chi connectivity index (χ4v) is 2.52. The van der Waals surface area contributed by atoms with Crippen LogP contribution in [0, 0.1) is 11.3 Å². The van der Waals surface area contributed by atoms with Crippen molar-refractivity contribution in [2.45, 2.75) is 37.7 Å². The summed E-state index contributed by atoms with van der Waals surface area (Å²) in [5.74, 6) is 0.856. The van der Waals surface area contributed by atoms with Crippen molar-refractivity contribution in [2.24, 2.45) is 11.7 Å². The van der Waals surface area contributed by atoms with Crippen LogP contribution in [0.2, 0.25) is 0 Å². The number of hydrogen-bond donors (Lipinski definition) is 2. The first-order valence-corrected chi connectivity index (χ1v) is 4.23. The summed E-state index contributed by atoms with van der Waals surface area (Å²) in [6.07, 6.45) is 5.89. The molecule has 2 rings (SSSR count). The van der Waals surface area contributed by atoms with Crippen LogP contribution in [0.15, 0.2) is 0 Å². The molecule has 0 heterocycles. The van der Waals surface area contributed by atoms with E-state index in [1.807, 2.05) is 0 Å². The lowest BCUT2D eigenvalue weighted by molar-refractivity contribution is 0.0634. The van der Waals surface area contributed by atoms with Crippen molar-refractivity contribution < 1.29 is 4.74 Å². The lowest BCUT2D eigenvalue weighted by atomic mass is 9.97. The summed E-state index contributed by atoms with van der Waals surface area (Å²) in [6.45, 7) is 0. The molecule has 0 spiro atoms. The van der Waals surface area contributed by atoms with Gasteiger partial charge in [-0.1, -0.05) is 0 Å². The molecule has 0 aromatic carbocycles. The molecular formula is C8H14N2O. The number of nitrogens with one attached hydrogen (secondary N) is 1. The molecule has 2 bridgehead atoms. The van der Waals surface area contributed by atoms with Gasteiger partial charge in [-0.25, -0.2) is 0 Å². The molecule has 3 N–H and O–H groups in total. The number of fused-ring (bicyclic) bond motifs is 2. The molecule has 0 radical (unpaired) electrons. The van der Waals surface area contributed by atoms with Crippen molar-refractivity contribution in [1.29, 1.82) is 5.41 Å². The molecule has 0 unspecified atom stereocenters. The maximum Gasteiger partial charge on any atom is 0.279 e. The van der Waals surface area contributed by atoms with E-state index in [1.54, 1.807) is 0 Å². The Bertz CT molecular complexity index is 183. The van der Waals surface area contributed by atoms with Gasteiger partial charge in [0, 0.05) is 0 Å². The van der Waals surface area contributed by atoms with Gasteiger partial charge in [0.1, 0.15) is 5.60 Å². The van der Waals surface area contributed by atoms with Crippen LogP contribution in [0.4, 0.5) is 0 Å². The second-order valence-electron chi connectivity index (χ2n) is 3.80. The van der Waals surface area contributed by atoms with Gasteiger partial charge in [0.15, 0.2) is 0 Å². The summed E-state index contributed by atoms with van der Waals surface area (Å²) < 4.78 is 5.35. The van der Waals surface area contributed by atoms with Crippen LogP contribution in [0.5, 0.6) is 0 Å². The number of hydrogen-bond acceptors (Lipinski definition) is 2. The Labute approximate surface area is 66.4 Å². The first-order valence-electron chi connectivity index (χ1n) is 4.23. The fourth-order valence-electron chi connectivity index (χ4n) is 2.52. The molecule has 2 fully saturated rings. The van der Waals surface area contributed by atoms with Gasteiger partial charge in [0.2, 0.25) is 0 Å². The minimum Gasteiger partial charge on any atom is -0.459 e. The van der Waals surface area contributed by atoms with Crippen LogP contribution in [0.25, 0.3) is 0 Å². The summed E-state index contributed by atoms with van der Waals surface area (Å²) in [4.78, 5) is 0. The van der Waals surface area contributed by atoms with E-state index in [1.165, 1.54) is 12.8 Å². The Morgan fingerprint density at radius 3 is 2.45 bits per heavy atom. The van der Waals surface area contributed by atoms with Gasteiger partial charge in [-0.15, -0.1) is 0 Å². The highest BCUT2D eigenvalue weighted by atomic mass is 16.5. The van der Waals surface area contributed by atoms with E-state index in [4.69, 9.17) is 15.9 Å². The van der Waals surface area contributed by atoms with Gasteiger partial charge in [-0.2, -0.15) is 0 Å². The monoisotopic (exact) mass is 154 g/mol. The average molecular weight is 154 g/mol. The molecule has 62 valence electrons. The van der Waals surface area contributed by atoms with E-state index in [-0.39, 0.29) is 11.6 Å². The topological polar surface area (TPSA) is 59.1 Å². The van der Waals surface area contributed by atoms with Gasteiger partial charge < -0.3 is 10.5 Å². The average Bonchev–Trinajstić information content (AvgIpc) is 2.43. The van der Waals surface area contributed by atoms with Crippen LogP contribution >= 0.6 is 0 Å². The molecule has 0 atom stereocenters. The number of amidine groups is 1. The summed E-state index contributed by atoms with van der Waals surface area (Å²) >= 11 is 0. The summed E-state index contributed by atoms with van der Waals surface area (Å²) in [5, 5.41) is 7.06. The zero-order chi connectivity index (χ0) is 7.90. The number of ether oxygens (including phenoxy) is 1. The fraction of sp³-hybridized carbons (Fsp3) is 0.875. The molecule has 0 amide bonds. The van der Waals surface area contributed by atoms with E-state index in [2.05, 4.69) is 0 Å². The maximum atomic E-state index is 7.06. The third-order valence-corrected chi connectivity index (χ3v) is 3.00. The predicted molar refractivity (Wildman–Crippen MR) is 42.3 cm³/mol. The van der Waals surface area contributed by atoms with Crippen molar-refractivity contribution in [3.05, 3.63) is 0 Å². The third kappa shape index (κ3) is 1.08. The Kier molecular flexibility index (Phi) is 1.34. The van der Waals surface area contributed by atoms with Crippen molar-refractivity contribution in [1.82, 2.24) is 0 Å². The molecule has 0 aromatic rings. The summed E-state index contributed by atoms with van der Waals surface area (Å²) in [6, 6.07) is -0.104. The number of nitrogens with two attached hydrogens (primary N) is 1. The standard InChI is InChI=1S/C8H14N2O/c9-7(10)11-8-3-1-6(5-8)2-4-8/h6H,1-5H2,(H3,9,10). The molecule has 11 heavy (non-hydrogen) atoms. The Hall–Kier alpha value is -0.730. The minimum absolute atomic E-state index is 0.0174. The highest BCUT2D eigenvalue weighted by Gasteiger charge is 2.47. The zero-order valence-corrected chi connectivity index (χ0v) is 6.60. The van der Waals surface area contributed by atoms with Gasteiger partial charge in [-0.05, 0) is 38.0 Å². The predicted octanol–water partition coefficient (Wildman–Crippen LogP) is 1.23. The van der Waals surface area contributed by atoms with E-state index < -0.39 is 0 Å².